The number of anilines is 1. The highest BCUT2D eigenvalue weighted by Gasteiger charge is 2.17. The monoisotopic (exact) mass is 369 g/mol. The molecule has 1 aliphatic heterocycles. The molecule has 9 heteroatoms. The van der Waals surface area contributed by atoms with Gasteiger partial charge in [0, 0.05) is 38.2 Å². The van der Waals surface area contributed by atoms with Gasteiger partial charge in [0.25, 0.3) is 5.91 Å². The molecule has 1 N–H and O–H groups in total. The third-order valence-corrected chi connectivity index (χ3v) is 5.06. The summed E-state index contributed by atoms with van der Waals surface area (Å²) in [5, 5.41) is 12.1. The summed E-state index contributed by atoms with van der Waals surface area (Å²) in [7, 11) is 3.81. The first kappa shape index (κ1) is 16.6. The van der Waals surface area contributed by atoms with E-state index in [0.29, 0.717) is 18.1 Å². The van der Waals surface area contributed by atoms with E-state index in [1.165, 1.54) is 11.5 Å². The normalized spacial score (nSPS) is 12.8. The third kappa shape index (κ3) is 3.17. The second kappa shape index (κ2) is 6.83. The van der Waals surface area contributed by atoms with Crippen molar-refractivity contribution in [3.8, 4) is 10.6 Å². The van der Waals surface area contributed by atoms with E-state index in [1.807, 2.05) is 31.1 Å². The predicted octanol–water partition coefficient (Wildman–Crippen LogP) is 1.74. The summed E-state index contributed by atoms with van der Waals surface area (Å²) in [6.45, 7) is 1.31. The van der Waals surface area contributed by atoms with Crippen LogP contribution in [0, 0.1) is 0 Å². The number of benzene rings is 1. The van der Waals surface area contributed by atoms with Gasteiger partial charge >= 0.3 is 0 Å². The van der Waals surface area contributed by atoms with Crippen molar-refractivity contribution in [2.24, 2.45) is 0 Å². The number of hydrogen-bond acceptors (Lipinski definition) is 7. The van der Waals surface area contributed by atoms with E-state index in [1.54, 1.807) is 12.1 Å². The maximum atomic E-state index is 12.4. The molecule has 3 heterocycles. The highest BCUT2D eigenvalue weighted by molar-refractivity contribution is 7.09. The molecule has 0 saturated carbocycles. The van der Waals surface area contributed by atoms with Gasteiger partial charge in [0.05, 0.1) is 6.54 Å². The van der Waals surface area contributed by atoms with Gasteiger partial charge in [-0.15, -0.1) is 10.2 Å². The average Bonchev–Trinajstić information content (AvgIpc) is 3.37. The highest BCUT2D eigenvalue weighted by atomic mass is 32.1. The Bertz CT molecular complexity index is 929. The van der Waals surface area contributed by atoms with Gasteiger partial charge in [-0.1, -0.05) is 12.1 Å². The van der Waals surface area contributed by atoms with Gasteiger partial charge in [-0.25, -0.2) is 0 Å². The Labute approximate surface area is 155 Å². The fraction of sp³-hybridized carbons (Fsp3) is 0.353. The van der Waals surface area contributed by atoms with Crippen LogP contribution in [0.25, 0.3) is 10.6 Å². The third-order valence-electron chi connectivity index (χ3n) is 4.30. The Hall–Kier alpha value is -2.81. The summed E-state index contributed by atoms with van der Waals surface area (Å²) in [5.41, 5.74) is 1.55. The molecule has 0 bridgehead atoms. The number of nitrogens with one attached hydrogen (secondary N) is 1. The largest absolute Gasteiger partial charge is 0.346 e. The number of aromatic nitrogens is 5. The molecule has 3 aromatic rings. The summed E-state index contributed by atoms with van der Waals surface area (Å²) in [6, 6.07) is 7.39. The molecule has 8 nitrogen and oxygen atoms in total. The van der Waals surface area contributed by atoms with Gasteiger partial charge in [0.15, 0.2) is 5.82 Å². The smallest absolute Gasteiger partial charge is 0.251 e. The Morgan fingerprint density at radius 2 is 2.08 bits per heavy atom. The van der Waals surface area contributed by atoms with Crippen LogP contribution in [0.4, 0.5) is 5.95 Å². The maximum Gasteiger partial charge on any atom is 0.251 e. The molecule has 0 fully saturated rings. The van der Waals surface area contributed by atoms with E-state index in [-0.39, 0.29) is 5.91 Å². The zero-order chi connectivity index (χ0) is 18.1. The summed E-state index contributed by atoms with van der Waals surface area (Å²) in [6.07, 6.45) is 2.05. The Balaban J connectivity index is 1.41. The second-order valence-corrected chi connectivity index (χ2v) is 7.09. The number of hydrogen-bond donors (Lipinski definition) is 1. The van der Waals surface area contributed by atoms with Crippen LogP contribution in [0.3, 0.4) is 0 Å². The van der Waals surface area contributed by atoms with Gasteiger partial charge in [-0.3, -0.25) is 4.79 Å². The molecule has 134 valence electrons. The molecule has 1 aliphatic rings. The quantitative estimate of drug-likeness (QED) is 0.737. The van der Waals surface area contributed by atoms with Crippen LogP contribution in [-0.4, -0.2) is 44.1 Å². The first-order chi connectivity index (χ1) is 12.6. The zero-order valence-electron chi connectivity index (χ0n) is 14.6. The van der Waals surface area contributed by atoms with E-state index in [0.717, 1.165) is 41.6 Å². The van der Waals surface area contributed by atoms with E-state index in [9.17, 15) is 4.79 Å². The van der Waals surface area contributed by atoms with Crippen LogP contribution in [0.1, 0.15) is 28.4 Å². The number of carbonyl (C=O) groups excluding carboxylic acids is 1. The lowest BCUT2D eigenvalue weighted by molar-refractivity contribution is 0.0949. The van der Waals surface area contributed by atoms with Gasteiger partial charge in [0.2, 0.25) is 5.95 Å². The van der Waals surface area contributed by atoms with Crippen molar-refractivity contribution in [1.82, 2.24) is 29.4 Å². The second-order valence-electron chi connectivity index (χ2n) is 6.34. The summed E-state index contributed by atoms with van der Waals surface area (Å²) in [4.78, 5) is 18.7. The minimum absolute atomic E-state index is 0.127. The minimum atomic E-state index is -0.127. The molecule has 0 unspecified atom stereocenters. The number of amides is 1. The number of rotatable bonds is 5. The predicted molar refractivity (Wildman–Crippen MR) is 99.2 cm³/mol. The van der Waals surface area contributed by atoms with Crippen molar-refractivity contribution in [3.63, 3.8) is 0 Å². The first-order valence-electron chi connectivity index (χ1n) is 8.42. The van der Waals surface area contributed by atoms with Gasteiger partial charge < -0.3 is 14.8 Å². The summed E-state index contributed by atoms with van der Waals surface area (Å²) >= 11 is 1.34. The van der Waals surface area contributed by atoms with Crippen LogP contribution in [0.15, 0.2) is 24.3 Å². The van der Waals surface area contributed by atoms with E-state index in [4.69, 9.17) is 0 Å². The van der Waals surface area contributed by atoms with Crippen molar-refractivity contribution in [2.45, 2.75) is 25.9 Å². The topological polar surface area (TPSA) is 88.8 Å². The molecule has 1 amide bonds. The fourth-order valence-corrected chi connectivity index (χ4v) is 3.62. The number of carbonyl (C=O) groups is 1. The van der Waals surface area contributed by atoms with E-state index >= 15 is 0 Å². The lowest BCUT2D eigenvalue weighted by atomic mass is 10.1. The number of aryl methyl sites for hydroxylation is 1. The molecule has 0 radical (unpaired) electrons. The molecule has 0 saturated heterocycles. The maximum absolute atomic E-state index is 12.4. The Morgan fingerprint density at radius 1 is 1.27 bits per heavy atom. The minimum Gasteiger partial charge on any atom is -0.346 e. The van der Waals surface area contributed by atoms with Crippen molar-refractivity contribution in [3.05, 3.63) is 41.5 Å². The summed E-state index contributed by atoms with van der Waals surface area (Å²) in [5.74, 6) is 2.38. The molecule has 26 heavy (non-hydrogen) atoms. The lowest BCUT2D eigenvalue weighted by Gasteiger charge is -2.06. The van der Waals surface area contributed by atoms with Crippen molar-refractivity contribution >= 4 is 23.4 Å². The molecule has 0 atom stereocenters. The molecule has 0 aliphatic carbocycles. The average molecular weight is 369 g/mol. The molecule has 1 aromatic carbocycles. The van der Waals surface area contributed by atoms with Gasteiger partial charge in [-0.05, 0) is 30.1 Å². The molecule has 0 spiro atoms. The Kier molecular flexibility index (Phi) is 4.37. The van der Waals surface area contributed by atoms with Crippen LogP contribution in [0.2, 0.25) is 0 Å². The van der Waals surface area contributed by atoms with Crippen molar-refractivity contribution in [1.29, 1.82) is 0 Å². The molecular formula is C17H19N7OS. The van der Waals surface area contributed by atoms with Crippen LogP contribution < -0.4 is 10.2 Å². The fourth-order valence-electron chi connectivity index (χ4n) is 2.88. The standard InChI is InChI=1S/C17H19N7OS/c1-23(2)17-19-16(26-22-17)12-7-5-11(6-8-12)15(25)18-10-14-21-20-13-4-3-9-24(13)14/h5-8H,3-4,9-10H2,1-2H3,(H,18,25). The van der Waals surface area contributed by atoms with Crippen LogP contribution in [-0.2, 0) is 19.5 Å². The van der Waals surface area contributed by atoms with Crippen molar-refractivity contribution < 1.29 is 4.79 Å². The molecule has 2 aromatic heterocycles. The van der Waals surface area contributed by atoms with Gasteiger partial charge in [0.1, 0.15) is 10.8 Å². The van der Waals surface area contributed by atoms with E-state index < -0.39 is 0 Å². The van der Waals surface area contributed by atoms with Crippen LogP contribution >= 0.6 is 11.5 Å². The van der Waals surface area contributed by atoms with Crippen LogP contribution in [0.5, 0.6) is 0 Å². The van der Waals surface area contributed by atoms with Gasteiger partial charge in [-0.2, -0.15) is 9.36 Å². The lowest BCUT2D eigenvalue weighted by Crippen LogP contribution is -2.24. The molecule has 4 rings (SSSR count). The zero-order valence-corrected chi connectivity index (χ0v) is 15.5. The highest BCUT2D eigenvalue weighted by Crippen LogP contribution is 2.24. The Morgan fingerprint density at radius 3 is 2.81 bits per heavy atom. The number of nitrogens with zero attached hydrogens (tertiary/aromatic N) is 6. The number of fused-ring (bicyclic) bond motifs is 1. The SMILES string of the molecule is CN(C)c1nsc(-c2ccc(C(=O)NCc3nnc4n3CCC4)cc2)n1. The summed E-state index contributed by atoms with van der Waals surface area (Å²) < 4.78 is 6.38. The van der Waals surface area contributed by atoms with E-state index in [2.05, 4.69) is 29.4 Å². The molecular weight excluding hydrogens is 350 g/mol. The van der Waals surface area contributed by atoms with Crippen molar-refractivity contribution in [2.75, 3.05) is 19.0 Å². The first-order valence-corrected chi connectivity index (χ1v) is 9.20.